The lowest BCUT2D eigenvalue weighted by molar-refractivity contribution is -0.137. The Labute approximate surface area is 143 Å². The highest BCUT2D eigenvalue weighted by Gasteiger charge is 2.31. The maximum atomic E-state index is 12.4. The van der Waals surface area contributed by atoms with E-state index in [0.717, 1.165) is 10.5 Å². The van der Waals surface area contributed by atoms with Crippen LogP contribution >= 0.6 is 35.7 Å². The van der Waals surface area contributed by atoms with E-state index in [0.29, 0.717) is 22.2 Å². The number of thiocarbonyl (C=S) groups is 1. The standard InChI is InChI=1S/C15H15NO3S3/c1-21-11-6-3-2-5-10(11)9-12-14(19)16(15(20)22-12)8-4-7-13(17)18/h2-3,5-6,9H,4,7-8H2,1H3,(H,17,18). The average molecular weight is 353 g/mol. The Kier molecular flexibility index (Phi) is 6.05. The zero-order chi connectivity index (χ0) is 16.1. The minimum Gasteiger partial charge on any atom is -0.481 e. The van der Waals surface area contributed by atoms with Gasteiger partial charge >= 0.3 is 5.97 Å². The molecule has 116 valence electrons. The number of aliphatic carboxylic acids is 1. The Morgan fingerprint density at radius 1 is 1.45 bits per heavy atom. The first-order valence-electron chi connectivity index (χ1n) is 6.63. The Bertz CT molecular complexity index is 643. The van der Waals surface area contributed by atoms with Crippen molar-refractivity contribution in [2.75, 3.05) is 12.8 Å². The molecule has 0 unspecified atom stereocenters. The van der Waals surface area contributed by atoms with Gasteiger partial charge in [-0.05, 0) is 30.4 Å². The molecule has 1 saturated heterocycles. The third-order valence-corrected chi connectivity index (χ3v) is 5.26. The molecule has 1 aliphatic rings. The van der Waals surface area contributed by atoms with E-state index >= 15 is 0 Å². The largest absolute Gasteiger partial charge is 0.481 e. The highest BCUT2D eigenvalue weighted by Crippen LogP contribution is 2.34. The van der Waals surface area contributed by atoms with Crippen LogP contribution in [-0.4, -0.2) is 39.0 Å². The molecule has 1 aromatic rings. The van der Waals surface area contributed by atoms with Crippen LogP contribution in [0.3, 0.4) is 0 Å². The molecule has 0 bridgehead atoms. The summed E-state index contributed by atoms with van der Waals surface area (Å²) >= 11 is 8.11. The minimum absolute atomic E-state index is 0.0332. The molecule has 1 N–H and O–H groups in total. The van der Waals surface area contributed by atoms with E-state index in [9.17, 15) is 9.59 Å². The minimum atomic E-state index is -0.866. The number of amides is 1. The SMILES string of the molecule is CSc1ccccc1C=C1SC(=S)N(CCCC(=O)O)C1=O. The summed E-state index contributed by atoms with van der Waals surface area (Å²) < 4.78 is 0.489. The van der Waals surface area contributed by atoms with E-state index in [1.54, 1.807) is 11.8 Å². The maximum absolute atomic E-state index is 12.4. The second-order valence-corrected chi connectivity index (χ2v) is 7.10. The molecule has 0 spiro atoms. The van der Waals surface area contributed by atoms with Gasteiger partial charge in [0.1, 0.15) is 4.32 Å². The van der Waals surface area contributed by atoms with Crippen molar-refractivity contribution in [2.24, 2.45) is 0 Å². The zero-order valence-corrected chi connectivity index (χ0v) is 14.4. The first-order chi connectivity index (χ1) is 10.5. The van der Waals surface area contributed by atoms with Crippen LogP contribution in [-0.2, 0) is 9.59 Å². The number of carboxylic acids is 1. The highest BCUT2D eigenvalue weighted by molar-refractivity contribution is 8.26. The van der Waals surface area contributed by atoms with Crippen molar-refractivity contribution in [3.05, 3.63) is 34.7 Å². The number of rotatable bonds is 6. The predicted octanol–water partition coefficient (Wildman–Crippen LogP) is 3.47. The second kappa shape index (κ2) is 7.80. The molecule has 4 nitrogen and oxygen atoms in total. The molecule has 1 aromatic carbocycles. The predicted molar refractivity (Wildman–Crippen MR) is 95.0 cm³/mol. The van der Waals surface area contributed by atoms with Crippen molar-refractivity contribution in [3.8, 4) is 0 Å². The smallest absolute Gasteiger partial charge is 0.303 e. The van der Waals surface area contributed by atoms with Gasteiger partial charge in [-0.2, -0.15) is 0 Å². The molecular formula is C15H15NO3S3. The molecule has 0 aromatic heterocycles. The fourth-order valence-corrected chi connectivity index (χ4v) is 3.88. The van der Waals surface area contributed by atoms with Gasteiger partial charge in [0.15, 0.2) is 0 Å². The van der Waals surface area contributed by atoms with E-state index in [1.807, 2.05) is 36.6 Å². The number of nitrogens with zero attached hydrogens (tertiary/aromatic N) is 1. The van der Waals surface area contributed by atoms with Crippen molar-refractivity contribution in [3.63, 3.8) is 0 Å². The summed E-state index contributed by atoms with van der Waals surface area (Å²) in [6, 6.07) is 7.85. The van der Waals surface area contributed by atoms with Gasteiger partial charge in [-0.15, -0.1) is 11.8 Å². The van der Waals surface area contributed by atoms with Crippen LogP contribution in [0, 0.1) is 0 Å². The molecule has 0 radical (unpaired) electrons. The molecule has 1 aliphatic heterocycles. The zero-order valence-electron chi connectivity index (χ0n) is 11.9. The van der Waals surface area contributed by atoms with Crippen LogP contribution in [0.25, 0.3) is 6.08 Å². The number of hydrogen-bond donors (Lipinski definition) is 1. The average Bonchev–Trinajstić information content (AvgIpc) is 2.75. The van der Waals surface area contributed by atoms with E-state index in [1.165, 1.54) is 16.7 Å². The highest BCUT2D eigenvalue weighted by atomic mass is 32.2. The Morgan fingerprint density at radius 3 is 2.86 bits per heavy atom. The number of carboxylic acid groups (broad SMARTS) is 1. The van der Waals surface area contributed by atoms with E-state index < -0.39 is 5.97 Å². The first kappa shape index (κ1) is 17.1. The molecule has 0 aliphatic carbocycles. The lowest BCUT2D eigenvalue weighted by Crippen LogP contribution is -2.29. The quantitative estimate of drug-likeness (QED) is 0.480. The van der Waals surface area contributed by atoms with Crippen molar-refractivity contribution in [2.45, 2.75) is 17.7 Å². The van der Waals surface area contributed by atoms with E-state index in [4.69, 9.17) is 17.3 Å². The van der Waals surface area contributed by atoms with Gasteiger partial charge in [-0.3, -0.25) is 14.5 Å². The molecule has 1 fully saturated rings. The number of benzene rings is 1. The number of carbonyl (C=O) groups excluding carboxylic acids is 1. The normalized spacial score (nSPS) is 16.6. The molecule has 22 heavy (non-hydrogen) atoms. The van der Waals surface area contributed by atoms with Crippen LogP contribution in [0.2, 0.25) is 0 Å². The van der Waals surface area contributed by atoms with Crippen LogP contribution < -0.4 is 0 Å². The van der Waals surface area contributed by atoms with Gasteiger partial charge in [0, 0.05) is 17.9 Å². The molecule has 0 atom stereocenters. The molecule has 1 heterocycles. The van der Waals surface area contributed by atoms with Crippen molar-refractivity contribution >= 4 is 58.0 Å². The van der Waals surface area contributed by atoms with Gasteiger partial charge in [0.05, 0.1) is 4.91 Å². The van der Waals surface area contributed by atoms with E-state index in [2.05, 4.69) is 0 Å². The van der Waals surface area contributed by atoms with Gasteiger partial charge in [0.2, 0.25) is 0 Å². The van der Waals surface area contributed by atoms with Crippen LogP contribution in [0.1, 0.15) is 18.4 Å². The van der Waals surface area contributed by atoms with Crippen molar-refractivity contribution < 1.29 is 14.7 Å². The van der Waals surface area contributed by atoms with Crippen molar-refractivity contribution in [1.82, 2.24) is 4.90 Å². The fourth-order valence-electron chi connectivity index (χ4n) is 2.01. The number of carbonyl (C=O) groups is 2. The summed E-state index contributed by atoms with van der Waals surface area (Å²) in [7, 11) is 0. The fraction of sp³-hybridized carbons (Fsp3) is 0.267. The summed E-state index contributed by atoms with van der Waals surface area (Å²) in [5.74, 6) is -1.01. The Hall–Kier alpha value is -1.31. The van der Waals surface area contributed by atoms with Crippen LogP contribution in [0.4, 0.5) is 0 Å². The van der Waals surface area contributed by atoms with Gasteiger partial charge in [0.25, 0.3) is 5.91 Å². The lowest BCUT2D eigenvalue weighted by atomic mass is 10.2. The first-order valence-corrected chi connectivity index (χ1v) is 9.08. The Balaban J connectivity index is 2.13. The second-order valence-electron chi connectivity index (χ2n) is 4.57. The summed E-state index contributed by atoms with van der Waals surface area (Å²) in [6.07, 6.45) is 4.27. The summed E-state index contributed by atoms with van der Waals surface area (Å²) in [6.45, 7) is 0.346. The summed E-state index contributed by atoms with van der Waals surface area (Å²) in [4.78, 5) is 26.1. The van der Waals surface area contributed by atoms with Crippen LogP contribution in [0.5, 0.6) is 0 Å². The molecule has 7 heteroatoms. The topological polar surface area (TPSA) is 57.6 Å². The van der Waals surface area contributed by atoms with Gasteiger partial charge < -0.3 is 5.11 Å². The number of hydrogen-bond acceptors (Lipinski definition) is 5. The molecular weight excluding hydrogens is 338 g/mol. The summed E-state index contributed by atoms with van der Waals surface area (Å²) in [5.41, 5.74) is 0.987. The lowest BCUT2D eigenvalue weighted by Gasteiger charge is -2.13. The molecule has 0 saturated carbocycles. The summed E-state index contributed by atoms with van der Waals surface area (Å²) in [5, 5.41) is 8.67. The third kappa shape index (κ3) is 4.12. The van der Waals surface area contributed by atoms with Gasteiger partial charge in [-0.25, -0.2) is 0 Å². The molecule has 1 amide bonds. The molecule has 2 rings (SSSR count). The monoisotopic (exact) mass is 353 g/mol. The van der Waals surface area contributed by atoms with Gasteiger partial charge in [-0.1, -0.05) is 42.2 Å². The maximum Gasteiger partial charge on any atom is 0.303 e. The van der Waals surface area contributed by atoms with E-state index in [-0.39, 0.29) is 12.3 Å². The van der Waals surface area contributed by atoms with Crippen molar-refractivity contribution in [1.29, 1.82) is 0 Å². The number of thioether (sulfide) groups is 2. The van der Waals surface area contributed by atoms with Crippen LogP contribution in [0.15, 0.2) is 34.1 Å². The Morgan fingerprint density at radius 2 is 2.18 bits per heavy atom. The third-order valence-electron chi connectivity index (χ3n) is 3.07.